The molecule has 0 aliphatic rings. The predicted molar refractivity (Wildman–Crippen MR) is 97.8 cm³/mol. The quantitative estimate of drug-likeness (QED) is 0.589. The zero-order valence-electron chi connectivity index (χ0n) is 13.7. The van der Waals surface area contributed by atoms with E-state index in [1.807, 2.05) is 25.2 Å². The summed E-state index contributed by atoms with van der Waals surface area (Å²) in [6, 6.07) is 4.42. The second kappa shape index (κ2) is 8.63. The van der Waals surface area contributed by atoms with Gasteiger partial charge in [-0.3, -0.25) is 0 Å². The van der Waals surface area contributed by atoms with E-state index in [1.54, 1.807) is 11.3 Å². The second-order valence-corrected chi connectivity index (χ2v) is 7.45. The van der Waals surface area contributed by atoms with E-state index in [0.29, 0.717) is 13.2 Å². The highest BCUT2D eigenvalue weighted by atomic mass is 32.1. The fraction of sp³-hybridized carbons (Fsp3) is 0.444. The molecule has 120 valence electrons. The van der Waals surface area contributed by atoms with Crippen molar-refractivity contribution in [1.82, 2.24) is 0 Å². The van der Waals surface area contributed by atoms with Crippen molar-refractivity contribution in [2.75, 3.05) is 13.2 Å². The van der Waals surface area contributed by atoms with E-state index < -0.39 is 0 Å². The first-order valence-electron chi connectivity index (χ1n) is 7.68. The number of rotatable bonds is 8. The van der Waals surface area contributed by atoms with Gasteiger partial charge in [0.05, 0.1) is 0 Å². The largest absolute Gasteiger partial charge is 0.353 e. The molecule has 0 bridgehead atoms. The van der Waals surface area contributed by atoms with E-state index >= 15 is 0 Å². The van der Waals surface area contributed by atoms with Crippen LogP contribution in [-0.2, 0) is 15.9 Å². The molecule has 2 aromatic rings. The fourth-order valence-corrected chi connectivity index (χ4v) is 3.94. The van der Waals surface area contributed by atoms with Crippen LogP contribution in [0, 0.1) is 13.8 Å². The van der Waals surface area contributed by atoms with Gasteiger partial charge in [-0.05, 0) is 62.4 Å². The Labute approximate surface area is 141 Å². The first-order valence-corrected chi connectivity index (χ1v) is 9.38. The minimum Gasteiger partial charge on any atom is -0.353 e. The highest BCUT2D eigenvalue weighted by Gasteiger charge is 2.13. The number of aryl methyl sites for hydroxylation is 2. The summed E-state index contributed by atoms with van der Waals surface area (Å²) < 4.78 is 11.3. The molecular weight excluding hydrogens is 312 g/mol. The summed E-state index contributed by atoms with van der Waals surface area (Å²) in [6.07, 6.45) is 5.07. The zero-order valence-corrected chi connectivity index (χ0v) is 15.4. The summed E-state index contributed by atoms with van der Waals surface area (Å²) in [4.78, 5) is 3.98. The van der Waals surface area contributed by atoms with Gasteiger partial charge in [-0.15, -0.1) is 22.7 Å². The monoisotopic (exact) mass is 336 g/mol. The molecule has 0 atom stereocenters. The third-order valence-corrected chi connectivity index (χ3v) is 5.38. The van der Waals surface area contributed by atoms with Crippen molar-refractivity contribution in [3.8, 4) is 0 Å². The van der Waals surface area contributed by atoms with E-state index in [4.69, 9.17) is 9.47 Å². The zero-order chi connectivity index (χ0) is 15.9. The van der Waals surface area contributed by atoms with Crippen molar-refractivity contribution < 1.29 is 9.47 Å². The lowest BCUT2D eigenvalue weighted by Crippen LogP contribution is -2.20. The third kappa shape index (κ3) is 4.78. The lowest BCUT2D eigenvalue weighted by molar-refractivity contribution is -0.134. The molecular formula is C18H24O2S2. The highest BCUT2D eigenvalue weighted by molar-refractivity contribution is 7.13. The molecule has 0 saturated heterocycles. The minimum atomic E-state index is -0.140. The lowest BCUT2D eigenvalue weighted by atomic mass is 10.1. The Hall–Kier alpha value is -0.940. The van der Waals surface area contributed by atoms with Crippen molar-refractivity contribution >= 4 is 34.8 Å². The average Bonchev–Trinajstić information content (AvgIpc) is 3.04. The van der Waals surface area contributed by atoms with Crippen LogP contribution in [0.15, 0.2) is 17.5 Å². The maximum Gasteiger partial charge on any atom is 0.161 e. The molecule has 0 aromatic carbocycles. The Morgan fingerprint density at radius 1 is 1.09 bits per heavy atom. The van der Waals surface area contributed by atoms with E-state index in [0.717, 1.165) is 6.42 Å². The van der Waals surface area contributed by atoms with Crippen LogP contribution in [0.5, 0.6) is 0 Å². The first kappa shape index (κ1) is 17.4. The maximum absolute atomic E-state index is 5.65. The van der Waals surface area contributed by atoms with Gasteiger partial charge >= 0.3 is 0 Å². The highest BCUT2D eigenvalue weighted by Crippen LogP contribution is 2.26. The van der Waals surface area contributed by atoms with Gasteiger partial charge in [-0.25, -0.2) is 0 Å². The van der Waals surface area contributed by atoms with Crippen LogP contribution in [0.2, 0.25) is 0 Å². The summed E-state index contributed by atoms with van der Waals surface area (Å²) >= 11 is 3.61. The van der Waals surface area contributed by atoms with Crippen LogP contribution in [0.1, 0.15) is 39.6 Å². The van der Waals surface area contributed by atoms with Crippen LogP contribution in [0.3, 0.4) is 0 Å². The Morgan fingerprint density at radius 3 is 2.41 bits per heavy atom. The van der Waals surface area contributed by atoms with Crippen LogP contribution >= 0.6 is 22.7 Å². The van der Waals surface area contributed by atoms with Crippen molar-refractivity contribution in [1.29, 1.82) is 0 Å². The summed E-state index contributed by atoms with van der Waals surface area (Å²) in [5.41, 5.74) is 2.62. The minimum absolute atomic E-state index is 0.140. The maximum atomic E-state index is 5.65. The summed E-state index contributed by atoms with van der Waals surface area (Å²) in [5, 5.41) is 2.13. The van der Waals surface area contributed by atoms with Crippen molar-refractivity contribution in [3.63, 3.8) is 0 Å². The molecule has 0 aliphatic heterocycles. The third-order valence-electron chi connectivity index (χ3n) is 3.46. The Morgan fingerprint density at radius 2 is 1.82 bits per heavy atom. The van der Waals surface area contributed by atoms with Crippen LogP contribution in [0.4, 0.5) is 0 Å². The summed E-state index contributed by atoms with van der Waals surface area (Å²) in [6.45, 7) is 9.69. The SMILES string of the molecule is CCOC(Cc1cc(/C=C/c2ccsc2C)sc1C)OCC. The van der Waals surface area contributed by atoms with Gasteiger partial charge in [0.2, 0.25) is 0 Å². The Balaban J connectivity index is 2.07. The smallest absolute Gasteiger partial charge is 0.161 e. The molecule has 0 amide bonds. The molecule has 4 heteroatoms. The van der Waals surface area contributed by atoms with E-state index in [2.05, 4.69) is 43.5 Å². The van der Waals surface area contributed by atoms with Crippen molar-refractivity contribution in [2.45, 2.75) is 40.4 Å². The molecule has 0 aliphatic carbocycles. The predicted octanol–water partition coefficient (Wildman–Crippen LogP) is 5.54. The van der Waals surface area contributed by atoms with Crippen LogP contribution in [-0.4, -0.2) is 19.5 Å². The van der Waals surface area contributed by atoms with E-state index in [9.17, 15) is 0 Å². The molecule has 0 saturated carbocycles. The molecule has 2 aromatic heterocycles. The standard InChI is InChI=1S/C18H24O2S2/c1-5-19-18(20-6-2)12-16-11-17(22-14(16)4)8-7-15-9-10-21-13(15)3/h7-11,18H,5-6,12H2,1-4H3/b8-7+. The van der Waals surface area contributed by atoms with Gasteiger partial charge in [0.15, 0.2) is 6.29 Å². The van der Waals surface area contributed by atoms with Gasteiger partial charge in [-0.1, -0.05) is 6.08 Å². The summed E-state index contributed by atoms with van der Waals surface area (Å²) in [7, 11) is 0. The van der Waals surface area contributed by atoms with Gasteiger partial charge in [0.25, 0.3) is 0 Å². The second-order valence-electron chi connectivity index (χ2n) is 5.04. The Kier molecular flexibility index (Phi) is 6.83. The van der Waals surface area contributed by atoms with Gasteiger partial charge in [0, 0.05) is 34.3 Å². The Bertz CT molecular complexity index is 604. The fourth-order valence-electron chi connectivity index (χ4n) is 2.29. The van der Waals surface area contributed by atoms with Crippen LogP contribution < -0.4 is 0 Å². The lowest BCUT2D eigenvalue weighted by Gasteiger charge is -2.16. The number of thiophene rings is 2. The first-order chi connectivity index (χ1) is 10.6. The molecule has 2 nitrogen and oxygen atoms in total. The molecule has 2 heterocycles. The van der Waals surface area contributed by atoms with E-state index in [-0.39, 0.29) is 6.29 Å². The average molecular weight is 337 g/mol. The van der Waals surface area contributed by atoms with Gasteiger partial charge in [-0.2, -0.15) is 0 Å². The normalized spacial score (nSPS) is 11.9. The topological polar surface area (TPSA) is 18.5 Å². The van der Waals surface area contributed by atoms with Gasteiger partial charge in [0.1, 0.15) is 0 Å². The molecule has 0 N–H and O–H groups in total. The number of ether oxygens (including phenoxy) is 2. The van der Waals surface area contributed by atoms with Crippen molar-refractivity contribution in [3.05, 3.63) is 43.3 Å². The molecule has 22 heavy (non-hydrogen) atoms. The molecule has 2 rings (SSSR count). The van der Waals surface area contributed by atoms with Crippen LogP contribution in [0.25, 0.3) is 12.2 Å². The van der Waals surface area contributed by atoms with Gasteiger partial charge < -0.3 is 9.47 Å². The number of hydrogen-bond acceptors (Lipinski definition) is 4. The molecule has 0 fully saturated rings. The molecule has 0 unspecified atom stereocenters. The molecule has 0 radical (unpaired) electrons. The number of hydrogen-bond donors (Lipinski definition) is 0. The molecule has 0 spiro atoms. The van der Waals surface area contributed by atoms with Crippen molar-refractivity contribution in [2.24, 2.45) is 0 Å². The van der Waals surface area contributed by atoms with E-state index in [1.165, 1.54) is 25.8 Å². The summed E-state index contributed by atoms with van der Waals surface area (Å²) in [5.74, 6) is 0.